The molecule has 1 unspecified atom stereocenters. The molecule has 1 aliphatic heterocycles. The number of rotatable bonds is 7. The minimum absolute atomic E-state index is 0.0571. The van der Waals surface area contributed by atoms with Gasteiger partial charge in [0.2, 0.25) is 0 Å². The zero-order valence-corrected chi connectivity index (χ0v) is 19.8. The van der Waals surface area contributed by atoms with Gasteiger partial charge in [-0.2, -0.15) is 0 Å². The summed E-state index contributed by atoms with van der Waals surface area (Å²) in [6.07, 6.45) is 5.71. The molecule has 2 fully saturated rings. The van der Waals surface area contributed by atoms with E-state index in [-0.39, 0.29) is 36.0 Å². The van der Waals surface area contributed by atoms with Crippen molar-refractivity contribution in [3.05, 3.63) is 17.8 Å². The van der Waals surface area contributed by atoms with E-state index in [1.54, 1.807) is 24.8 Å². The Morgan fingerprint density at radius 3 is 2.28 bits per heavy atom. The first kappa shape index (κ1) is 24.7. The summed E-state index contributed by atoms with van der Waals surface area (Å²) in [4.78, 5) is 17.9. The van der Waals surface area contributed by atoms with Crippen LogP contribution in [0.25, 0.3) is 0 Å². The summed E-state index contributed by atoms with van der Waals surface area (Å²) >= 11 is 0. The quantitative estimate of drug-likeness (QED) is 0.646. The van der Waals surface area contributed by atoms with Gasteiger partial charge < -0.3 is 24.2 Å². The fourth-order valence-corrected chi connectivity index (χ4v) is 4.67. The molecule has 1 aliphatic carbocycles. The van der Waals surface area contributed by atoms with Crippen LogP contribution in [0.2, 0.25) is 0 Å². The number of pyridine rings is 1. The third-order valence-electron chi connectivity index (χ3n) is 5.95. The van der Waals surface area contributed by atoms with Crippen LogP contribution in [0, 0.1) is 6.92 Å². The molecule has 180 valence electrons. The number of likely N-dealkylation sites (tertiary alicyclic amines) is 1. The molecule has 0 spiro atoms. The molecule has 0 bridgehead atoms. The van der Waals surface area contributed by atoms with Crippen LogP contribution in [-0.4, -0.2) is 79.9 Å². The first-order chi connectivity index (χ1) is 15.2. The van der Waals surface area contributed by atoms with Crippen LogP contribution in [0.3, 0.4) is 0 Å². The lowest BCUT2D eigenvalue weighted by atomic mass is 9.94. The number of carbonyl (C=O) groups is 1. The Kier molecular flexibility index (Phi) is 8.35. The lowest BCUT2D eigenvalue weighted by molar-refractivity contribution is -0.0664. The molecular formula is C22H34N2O7S. The minimum Gasteiger partial charge on any atom is -0.489 e. The predicted octanol–water partition coefficient (Wildman–Crippen LogP) is 2.48. The SMILES string of the molecule is Cc1nc(S(C)(=O)=O)ccc1OC1CCC(OC2CCN(C(=O)OC(C)CO)CC2)CC1. The molecule has 10 heteroatoms. The van der Waals surface area contributed by atoms with Gasteiger partial charge in [-0.25, -0.2) is 18.2 Å². The highest BCUT2D eigenvalue weighted by Gasteiger charge is 2.29. The van der Waals surface area contributed by atoms with Gasteiger partial charge in [-0.15, -0.1) is 0 Å². The molecule has 3 rings (SSSR count). The van der Waals surface area contributed by atoms with Gasteiger partial charge >= 0.3 is 6.09 Å². The Balaban J connectivity index is 1.40. The van der Waals surface area contributed by atoms with Crippen molar-refractivity contribution in [2.75, 3.05) is 26.0 Å². The minimum atomic E-state index is -3.33. The number of aryl methyl sites for hydroxylation is 1. The summed E-state index contributed by atoms with van der Waals surface area (Å²) in [5, 5.41) is 9.07. The number of ether oxygens (including phenoxy) is 3. The molecule has 1 aromatic rings. The monoisotopic (exact) mass is 470 g/mol. The molecule has 1 atom stereocenters. The third kappa shape index (κ3) is 6.79. The molecule has 1 saturated heterocycles. The Morgan fingerprint density at radius 2 is 1.72 bits per heavy atom. The van der Waals surface area contributed by atoms with Crippen molar-refractivity contribution in [3.63, 3.8) is 0 Å². The van der Waals surface area contributed by atoms with Gasteiger partial charge in [-0.1, -0.05) is 0 Å². The highest BCUT2D eigenvalue weighted by Crippen LogP contribution is 2.29. The van der Waals surface area contributed by atoms with Gasteiger partial charge in [-0.3, -0.25) is 0 Å². The molecule has 1 amide bonds. The lowest BCUT2D eigenvalue weighted by Gasteiger charge is -2.36. The Bertz CT molecular complexity index is 876. The summed E-state index contributed by atoms with van der Waals surface area (Å²) in [6.45, 7) is 4.42. The van der Waals surface area contributed by atoms with Gasteiger partial charge in [0.25, 0.3) is 0 Å². The van der Waals surface area contributed by atoms with Crippen molar-refractivity contribution < 1.29 is 32.5 Å². The number of carbonyl (C=O) groups excluding carboxylic acids is 1. The second-order valence-electron chi connectivity index (χ2n) is 8.72. The molecule has 2 aliphatic rings. The number of hydrogen-bond acceptors (Lipinski definition) is 8. The highest BCUT2D eigenvalue weighted by atomic mass is 32.2. The summed E-state index contributed by atoms with van der Waals surface area (Å²) in [7, 11) is -3.33. The van der Waals surface area contributed by atoms with E-state index in [0.717, 1.165) is 44.8 Å². The van der Waals surface area contributed by atoms with Gasteiger partial charge in [0.1, 0.15) is 11.9 Å². The van der Waals surface area contributed by atoms with Crippen LogP contribution in [0.15, 0.2) is 17.2 Å². The molecule has 0 aromatic carbocycles. The van der Waals surface area contributed by atoms with Crippen LogP contribution in [0.5, 0.6) is 5.75 Å². The zero-order chi connectivity index (χ0) is 23.3. The average Bonchev–Trinajstić information content (AvgIpc) is 2.76. The Labute approximate surface area is 190 Å². The first-order valence-electron chi connectivity index (χ1n) is 11.2. The van der Waals surface area contributed by atoms with Crippen LogP contribution in [-0.2, 0) is 19.3 Å². The van der Waals surface area contributed by atoms with Crippen molar-refractivity contribution in [1.82, 2.24) is 9.88 Å². The van der Waals surface area contributed by atoms with Crippen molar-refractivity contribution in [2.24, 2.45) is 0 Å². The van der Waals surface area contributed by atoms with E-state index in [1.807, 2.05) is 0 Å². The van der Waals surface area contributed by atoms with E-state index in [9.17, 15) is 13.2 Å². The Morgan fingerprint density at radius 1 is 1.12 bits per heavy atom. The second kappa shape index (κ2) is 10.8. The topological polar surface area (TPSA) is 115 Å². The third-order valence-corrected chi connectivity index (χ3v) is 6.94. The van der Waals surface area contributed by atoms with E-state index in [2.05, 4.69) is 4.98 Å². The van der Waals surface area contributed by atoms with Gasteiger partial charge in [0, 0.05) is 19.3 Å². The molecule has 32 heavy (non-hydrogen) atoms. The fraction of sp³-hybridized carbons (Fsp3) is 0.727. The number of aliphatic hydroxyl groups is 1. The summed E-state index contributed by atoms with van der Waals surface area (Å²) in [5.74, 6) is 0.622. The van der Waals surface area contributed by atoms with Crippen molar-refractivity contribution in [3.8, 4) is 5.75 Å². The number of nitrogens with zero attached hydrogens (tertiary/aromatic N) is 2. The standard InChI is InChI=1S/C22H34N2O7S/c1-15(14-25)29-22(26)24-12-10-19(11-13-24)30-17-4-6-18(7-5-17)31-20-8-9-21(23-16(20)2)32(3,27)28/h8-9,15,17-19,25H,4-7,10-14H2,1-3H3. The van der Waals surface area contributed by atoms with Crippen LogP contribution in [0.4, 0.5) is 4.79 Å². The molecule has 2 heterocycles. The smallest absolute Gasteiger partial charge is 0.410 e. The van der Waals surface area contributed by atoms with Crippen molar-refractivity contribution >= 4 is 15.9 Å². The molecule has 0 radical (unpaired) electrons. The van der Waals surface area contributed by atoms with E-state index in [4.69, 9.17) is 19.3 Å². The van der Waals surface area contributed by atoms with E-state index >= 15 is 0 Å². The maximum absolute atomic E-state index is 12.0. The second-order valence-corrected chi connectivity index (χ2v) is 10.7. The van der Waals surface area contributed by atoms with Gasteiger partial charge in [-0.05, 0) is 64.5 Å². The first-order valence-corrected chi connectivity index (χ1v) is 13.1. The van der Waals surface area contributed by atoms with Crippen LogP contribution >= 0.6 is 0 Å². The summed E-state index contributed by atoms with van der Waals surface area (Å²) in [6, 6.07) is 3.17. The molecule has 1 N–H and O–H groups in total. The molecule has 1 saturated carbocycles. The normalized spacial score (nSPS) is 23.6. The van der Waals surface area contributed by atoms with E-state index < -0.39 is 15.9 Å². The number of aliphatic hydroxyl groups excluding tert-OH is 1. The summed E-state index contributed by atoms with van der Waals surface area (Å²) < 4.78 is 40.8. The number of amides is 1. The van der Waals surface area contributed by atoms with Crippen molar-refractivity contribution in [1.29, 1.82) is 0 Å². The Hall–Kier alpha value is -1.91. The van der Waals surface area contributed by atoms with Gasteiger partial charge in [0.05, 0.1) is 30.6 Å². The van der Waals surface area contributed by atoms with E-state index in [1.165, 1.54) is 6.07 Å². The average molecular weight is 471 g/mol. The summed E-state index contributed by atoms with van der Waals surface area (Å²) in [5.41, 5.74) is 0.574. The molecule has 1 aromatic heterocycles. The number of hydrogen-bond donors (Lipinski definition) is 1. The van der Waals surface area contributed by atoms with Crippen LogP contribution < -0.4 is 4.74 Å². The van der Waals surface area contributed by atoms with E-state index in [0.29, 0.717) is 24.5 Å². The lowest BCUT2D eigenvalue weighted by Crippen LogP contribution is -2.43. The predicted molar refractivity (Wildman–Crippen MR) is 117 cm³/mol. The fourth-order valence-electron chi connectivity index (χ4n) is 4.05. The van der Waals surface area contributed by atoms with Gasteiger partial charge in [0.15, 0.2) is 14.9 Å². The highest BCUT2D eigenvalue weighted by molar-refractivity contribution is 7.90. The van der Waals surface area contributed by atoms with Crippen molar-refractivity contribution in [2.45, 2.75) is 81.8 Å². The number of sulfone groups is 1. The number of piperidine rings is 1. The number of aromatic nitrogens is 1. The van der Waals surface area contributed by atoms with Crippen LogP contribution in [0.1, 0.15) is 51.1 Å². The molecule has 9 nitrogen and oxygen atoms in total. The zero-order valence-electron chi connectivity index (χ0n) is 19.0. The maximum Gasteiger partial charge on any atom is 0.410 e. The largest absolute Gasteiger partial charge is 0.489 e. The molecular weight excluding hydrogens is 436 g/mol. The maximum atomic E-state index is 12.0.